The maximum absolute atomic E-state index is 8.74. The van der Waals surface area contributed by atoms with Crippen LogP contribution in [-0.4, -0.2) is 52.4 Å². The van der Waals surface area contributed by atoms with E-state index >= 15 is 0 Å². The molecule has 0 aliphatic heterocycles. The molecule has 0 atom stereocenters. The van der Waals surface area contributed by atoms with Gasteiger partial charge in [-0.15, -0.1) is 0 Å². The van der Waals surface area contributed by atoms with Crippen molar-refractivity contribution in [3.05, 3.63) is 0 Å². The van der Waals surface area contributed by atoms with E-state index < -0.39 is 20.8 Å². The van der Waals surface area contributed by atoms with E-state index in [0.29, 0.717) is 0 Å². The fourth-order valence-corrected chi connectivity index (χ4v) is 0. The average Bonchev–Trinajstić information content (AvgIpc) is 1.12. The molecule has 0 spiro atoms. The lowest BCUT2D eigenvalue weighted by molar-refractivity contribution is 0.378. The van der Waals surface area contributed by atoms with Crippen LogP contribution in [0, 0.1) is 0 Å². The zero-order chi connectivity index (χ0) is 9.00. The van der Waals surface area contributed by atoms with E-state index in [4.69, 9.17) is 35.0 Å². The van der Waals surface area contributed by atoms with Crippen molar-refractivity contribution < 1.29 is 35.0 Å². The van der Waals surface area contributed by atoms with E-state index in [1.54, 1.807) is 0 Å². The first kappa shape index (κ1) is 22.8. The third-order valence-electron chi connectivity index (χ3n) is 0. The molecule has 12 heteroatoms. The van der Waals surface area contributed by atoms with Crippen LogP contribution in [0.25, 0.3) is 0 Å². The molecule has 0 aliphatic carbocycles. The highest BCUT2D eigenvalue weighted by atomic mass is 32.3. The second-order valence-corrected chi connectivity index (χ2v) is 2.69. The van der Waals surface area contributed by atoms with Gasteiger partial charge in [0.15, 0.2) is 17.4 Å². The van der Waals surface area contributed by atoms with Crippen LogP contribution >= 0.6 is 0 Å². The van der Waals surface area contributed by atoms with Gasteiger partial charge >= 0.3 is 20.8 Å². The molecule has 0 unspecified atom stereocenters. The number of hydrogen-bond acceptors (Lipinski definition) is 5. The number of hydrogen-bond donors (Lipinski definition) is 5. The summed E-state index contributed by atoms with van der Waals surface area (Å²) in [5.41, 5.74) is 0. The van der Waals surface area contributed by atoms with Crippen molar-refractivity contribution in [2.75, 3.05) is 0 Å². The Morgan fingerprint density at radius 1 is 0.667 bits per heavy atom. The van der Waals surface area contributed by atoms with E-state index in [1.807, 2.05) is 0 Å². The van der Waals surface area contributed by atoms with E-state index in [2.05, 4.69) is 0 Å². The molecule has 0 bridgehead atoms. The van der Waals surface area contributed by atoms with Gasteiger partial charge in [-0.3, -0.25) is 18.2 Å². The maximum atomic E-state index is 8.74. The summed E-state index contributed by atoms with van der Waals surface area (Å²) in [7, 11) is -9.33. The van der Waals surface area contributed by atoms with Crippen LogP contribution in [0.2, 0.25) is 0 Å². The molecule has 12 heavy (non-hydrogen) atoms. The Morgan fingerprint density at radius 3 is 0.667 bits per heavy atom. The SMILES string of the molecule is N.O=S(=O)(O)O.O=S(=O)(O)O.[AlH3]. The van der Waals surface area contributed by atoms with Crippen molar-refractivity contribution in [3.63, 3.8) is 0 Å². The van der Waals surface area contributed by atoms with Crippen molar-refractivity contribution in [1.29, 1.82) is 0 Å². The molecule has 0 aromatic rings. The summed E-state index contributed by atoms with van der Waals surface area (Å²) in [6.45, 7) is 0. The first-order chi connectivity index (χ1) is 4.00. The Kier molecular flexibility index (Phi) is 14.9. The molecular formula is H10AlNO8S2. The van der Waals surface area contributed by atoms with Crippen LogP contribution in [0.5, 0.6) is 0 Å². The van der Waals surface area contributed by atoms with Gasteiger partial charge in [-0.25, -0.2) is 0 Å². The molecule has 0 aromatic carbocycles. The lowest BCUT2D eigenvalue weighted by atomic mass is 14.0. The van der Waals surface area contributed by atoms with Gasteiger partial charge in [0.1, 0.15) is 0 Å². The van der Waals surface area contributed by atoms with Crippen LogP contribution in [0.3, 0.4) is 0 Å². The van der Waals surface area contributed by atoms with Crippen molar-refractivity contribution in [2.24, 2.45) is 0 Å². The monoisotopic (exact) mass is 243 g/mol. The van der Waals surface area contributed by atoms with Crippen LogP contribution < -0.4 is 6.15 Å². The van der Waals surface area contributed by atoms with Gasteiger partial charge in [-0.05, 0) is 0 Å². The van der Waals surface area contributed by atoms with Gasteiger partial charge in [0.05, 0.1) is 0 Å². The largest absolute Gasteiger partial charge is 0.394 e. The quantitative estimate of drug-likeness (QED) is 0.230. The minimum Gasteiger partial charge on any atom is -0.344 e. The molecule has 0 saturated heterocycles. The van der Waals surface area contributed by atoms with Gasteiger partial charge in [0.25, 0.3) is 0 Å². The Hall–Kier alpha value is 0.232. The molecule has 0 aromatic heterocycles. The summed E-state index contributed by atoms with van der Waals surface area (Å²) in [5, 5.41) is 0. The van der Waals surface area contributed by atoms with Crippen molar-refractivity contribution in [2.45, 2.75) is 0 Å². The molecule has 0 amide bonds. The fourth-order valence-electron chi connectivity index (χ4n) is 0. The van der Waals surface area contributed by atoms with E-state index in [9.17, 15) is 0 Å². The molecule has 0 radical (unpaired) electrons. The first-order valence-corrected chi connectivity index (χ1v) is 4.19. The Bertz CT molecular complexity index is 213. The van der Waals surface area contributed by atoms with Gasteiger partial charge in [-0.2, -0.15) is 16.8 Å². The second-order valence-electron chi connectivity index (χ2n) is 0.896. The van der Waals surface area contributed by atoms with Crippen LogP contribution in [0.4, 0.5) is 0 Å². The third-order valence-corrected chi connectivity index (χ3v) is 0. The lowest BCUT2D eigenvalue weighted by Crippen LogP contribution is -1.89. The van der Waals surface area contributed by atoms with Crippen LogP contribution in [0.1, 0.15) is 0 Å². The lowest BCUT2D eigenvalue weighted by Gasteiger charge is -1.68. The summed E-state index contributed by atoms with van der Waals surface area (Å²) >= 11 is 0. The Balaban J connectivity index is -0.0000000457. The summed E-state index contributed by atoms with van der Waals surface area (Å²) in [6.07, 6.45) is 0. The van der Waals surface area contributed by atoms with Gasteiger partial charge < -0.3 is 6.15 Å². The zero-order valence-corrected chi connectivity index (χ0v) is 6.58. The standard InChI is InChI=1S/Al.H3N.2H2O4S.3H/c;;2*1-5(2,3)4;;;/h;1H3;2*(H2,1,2,3,4);;;. The Labute approximate surface area is 79.7 Å². The molecule has 0 aliphatic rings. The summed E-state index contributed by atoms with van der Waals surface area (Å²) in [4.78, 5) is 0. The molecule has 78 valence electrons. The molecule has 0 heterocycles. The molecule has 7 N–H and O–H groups in total. The minimum absolute atomic E-state index is 0. The maximum Gasteiger partial charge on any atom is 0.394 e. The predicted octanol–water partition coefficient (Wildman–Crippen LogP) is -2.33. The topological polar surface area (TPSA) is 184 Å². The van der Waals surface area contributed by atoms with Crippen LogP contribution in [-0.2, 0) is 20.8 Å². The van der Waals surface area contributed by atoms with Crippen molar-refractivity contribution in [3.8, 4) is 0 Å². The van der Waals surface area contributed by atoms with Gasteiger partial charge in [0, 0.05) is 0 Å². The molecule has 9 nitrogen and oxygen atoms in total. The number of rotatable bonds is 0. The summed E-state index contributed by atoms with van der Waals surface area (Å²) < 4.78 is 63.2. The normalized spacial score (nSPS) is 9.67. The van der Waals surface area contributed by atoms with Crippen LogP contribution in [0.15, 0.2) is 0 Å². The summed E-state index contributed by atoms with van der Waals surface area (Å²) in [6, 6.07) is 0. The highest BCUT2D eigenvalue weighted by Crippen LogP contribution is 1.59. The zero-order valence-electron chi connectivity index (χ0n) is 4.95. The van der Waals surface area contributed by atoms with Crippen molar-refractivity contribution in [1.82, 2.24) is 6.15 Å². The van der Waals surface area contributed by atoms with E-state index in [-0.39, 0.29) is 23.5 Å². The first-order valence-electron chi connectivity index (χ1n) is 1.40. The van der Waals surface area contributed by atoms with Gasteiger partial charge in [0.2, 0.25) is 0 Å². The highest BCUT2D eigenvalue weighted by molar-refractivity contribution is 7.80. The average molecular weight is 243 g/mol. The highest BCUT2D eigenvalue weighted by Gasteiger charge is 1.85. The van der Waals surface area contributed by atoms with E-state index in [1.165, 1.54) is 0 Å². The third kappa shape index (κ3) is 16100. The molecule has 0 fully saturated rings. The second kappa shape index (κ2) is 7.86. The molecular weight excluding hydrogens is 233 g/mol. The minimum atomic E-state index is -4.67. The predicted molar refractivity (Wildman–Crippen MR) is 43.3 cm³/mol. The Morgan fingerprint density at radius 2 is 0.667 bits per heavy atom. The van der Waals surface area contributed by atoms with Gasteiger partial charge in [-0.1, -0.05) is 0 Å². The molecule has 0 saturated carbocycles. The molecule has 0 rings (SSSR count). The smallest absolute Gasteiger partial charge is 0.344 e. The van der Waals surface area contributed by atoms with E-state index in [0.717, 1.165) is 0 Å². The fraction of sp³-hybridized carbons (Fsp3) is 0. The summed E-state index contributed by atoms with van der Waals surface area (Å²) in [5.74, 6) is 0. The van der Waals surface area contributed by atoms with Crippen molar-refractivity contribution >= 4 is 38.2 Å².